The summed E-state index contributed by atoms with van der Waals surface area (Å²) in [6.45, 7) is 3.85. The third-order valence-corrected chi connectivity index (χ3v) is 3.36. The summed E-state index contributed by atoms with van der Waals surface area (Å²) in [5.41, 5.74) is 8.72. The summed E-state index contributed by atoms with van der Waals surface area (Å²) in [6.07, 6.45) is 0.305. The van der Waals surface area contributed by atoms with Gasteiger partial charge in [0, 0.05) is 23.4 Å². The lowest BCUT2D eigenvalue weighted by Crippen LogP contribution is -2.23. The fraction of sp³-hybridized carbons (Fsp3) is 0.286. The molecule has 1 unspecified atom stereocenters. The topological polar surface area (TPSA) is 68.0 Å². The van der Waals surface area contributed by atoms with Crippen molar-refractivity contribution in [3.8, 4) is 11.3 Å². The number of anilines is 1. The molecule has 0 aliphatic heterocycles. The number of carbonyl (C=O) groups is 1. The lowest BCUT2D eigenvalue weighted by molar-refractivity contribution is -0.116. The Balaban J connectivity index is 2.07. The van der Waals surface area contributed by atoms with Gasteiger partial charge in [-0.2, -0.15) is 0 Å². The van der Waals surface area contributed by atoms with Crippen LogP contribution in [0.1, 0.15) is 18.9 Å². The second-order valence-electron chi connectivity index (χ2n) is 4.63. The molecule has 0 radical (unpaired) electrons. The third kappa shape index (κ3) is 3.87. The number of aryl methyl sites for hydroxylation is 1. The van der Waals surface area contributed by atoms with Crippen molar-refractivity contribution in [1.29, 1.82) is 0 Å². The van der Waals surface area contributed by atoms with Gasteiger partial charge in [0.2, 0.25) is 5.91 Å². The highest BCUT2D eigenvalue weighted by Gasteiger charge is 2.09. The van der Waals surface area contributed by atoms with Crippen molar-refractivity contribution < 1.29 is 4.79 Å². The number of benzene rings is 1. The Kier molecular flexibility index (Phi) is 4.29. The van der Waals surface area contributed by atoms with Crippen molar-refractivity contribution >= 4 is 22.4 Å². The standard InChI is InChI=1S/C14H17N3OS/c1-9-3-5-11(6-4-9)12-8-19-14(16-12)17-13(18)7-10(2)15/h3-6,8,10H,7,15H2,1-2H3,(H,16,17,18). The zero-order chi connectivity index (χ0) is 13.8. The Hall–Kier alpha value is -1.72. The van der Waals surface area contributed by atoms with Crippen molar-refractivity contribution in [2.24, 2.45) is 5.73 Å². The maximum absolute atomic E-state index is 11.6. The summed E-state index contributed by atoms with van der Waals surface area (Å²) < 4.78 is 0. The van der Waals surface area contributed by atoms with E-state index in [1.54, 1.807) is 6.92 Å². The first-order valence-corrected chi connectivity index (χ1v) is 7.00. The second-order valence-corrected chi connectivity index (χ2v) is 5.49. The van der Waals surface area contributed by atoms with Crippen LogP contribution in [-0.4, -0.2) is 16.9 Å². The lowest BCUT2D eigenvalue weighted by Gasteiger charge is -2.03. The fourth-order valence-electron chi connectivity index (χ4n) is 1.65. The van der Waals surface area contributed by atoms with Crippen molar-refractivity contribution in [2.45, 2.75) is 26.3 Å². The Labute approximate surface area is 116 Å². The van der Waals surface area contributed by atoms with E-state index in [-0.39, 0.29) is 11.9 Å². The zero-order valence-corrected chi connectivity index (χ0v) is 11.8. The highest BCUT2D eigenvalue weighted by molar-refractivity contribution is 7.14. The van der Waals surface area contributed by atoms with E-state index in [2.05, 4.69) is 10.3 Å². The van der Waals surface area contributed by atoms with E-state index >= 15 is 0 Å². The van der Waals surface area contributed by atoms with Gasteiger partial charge in [-0.3, -0.25) is 4.79 Å². The SMILES string of the molecule is Cc1ccc(-c2csc(NC(=O)CC(C)N)n2)cc1. The summed E-state index contributed by atoms with van der Waals surface area (Å²) in [6, 6.07) is 8.00. The maximum atomic E-state index is 11.6. The summed E-state index contributed by atoms with van der Waals surface area (Å²) in [5, 5.41) is 5.31. The fourth-order valence-corrected chi connectivity index (χ4v) is 2.39. The van der Waals surface area contributed by atoms with Crippen LogP contribution in [0.5, 0.6) is 0 Å². The Morgan fingerprint density at radius 1 is 1.42 bits per heavy atom. The molecule has 0 saturated carbocycles. The smallest absolute Gasteiger partial charge is 0.227 e. The number of amides is 1. The molecule has 0 aliphatic rings. The summed E-state index contributed by atoms with van der Waals surface area (Å²) in [7, 11) is 0. The van der Waals surface area contributed by atoms with Crippen LogP contribution in [0.3, 0.4) is 0 Å². The van der Waals surface area contributed by atoms with E-state index < -0.39 is 0 Å². The van der Waals surface area contributed by atoms with Gasteiger partial charge in [0.15, 0.2) is 5.13 Å². The normalized spacial score (nSPS) is 12.2. The molecule has 2 rings (SSSR count). The van der Waals surface area contributed by atoms with Gasteiger partial charge in [0.1, 0.15) is 0 Å². The summed E-state index contributed by atoms with van der Waals surface area (Å²) in [5.74, 6) is -0.0974. The van der Waals surface area contributed by atoms with Crippen LogP contribution in [0.15, 0.2) is 29.6 Å². The van der Waals surface area contributed by atoms with E-state index in [0.29, 0.717) is 11.6 Å². The second kappa shape index (κ2) is 5.95. The molecule has 19 heavy (non-hydrogen) atoms. The highest BCUT2D eigenvalue weighted by Crippen LogP contribution is 2.25. The Bertz CT molecular complexity index is 560. The monoisotopic (exact) mass is 275 g/mol. The minimum absolute atomic E-state index is 0.0974. The van der Waals surface area contributed by atoms with Crippen LogP contribution in [-0.2, 0) is 4.79 Å². The van der Waals surface area contributed by atoms with Gasteiger partial charge >= 0.3 is 0 Å². The molecule has 0 aliphatic carbocycles. The lowest BCUT2D eigenvalue weighted by atomic mass is 10.1. The number of nitrogens with two attached hydrogens (primary N) is 1. The molecular weight excluding hydrogens is 258 g/mol. The molecule has 2 aromatic rings. The van der Waals surface area contributed by atoms with Crippen molar-refractivity contribution in [2.75, 3.05) is 5.32 Å². The molecule has 0 fully saturated rings. The number of hydrogen-bond donors (Lipinski definition) is 2. The van der Waals surface area contributed by atoms with Gasteiger partial charge in [0.05, 0.1) is 5.69 Å². The van der Waals surface area contributed by atoms with E-state index in [0.717, 1.165) is 11.3 Å². The first kappa shape index (κ1) is 13.7. The number of thiazole rings is 1. The third-order valence-electron chi connectivity index (χ3n) is 2.61. The number of hydrogen-bond acceptors (Lipinski definition) is 4. The largest absolute Gasteiger partial charge is 0.327 e. The van der Waals surface area contributed by atoms with Gasteiger partial charge in [-0.15, -0.1) is 11.3 Å². The van der Waals surface area contributed by atoms with Gasteiger partial charge in [0.25, 0.3) is 0 Å². The van der Waals surface area contributed by atoms with Crippen LogP contribution >= 0.6 is 11.3 Å². The molecule has 4 nitrogen and oxygen atoms in total. The number of carbonyl (C=O) groups excluding carboxylic acids is 1. The van der Waals surface area contributed by atoms with Gasteiger partial charge in [-0.25, -0.2) is 4.98 Å². The molecule has 5 heteroatoms. The predicted octanol–water partition coefficient (Wildman–Crippen LogP) is 2.79. The molecule has 0 saturated heterocycles. The molecule has 3 N–H and O–H groups in total. The first-order chi connectivity index (χ1) is 9.04. The molecule has 0 spiro atoms. The molecule has 100 valence electrons. The van der Waals surface area contributed by atoms with Gasteiger partial charge < -0.3 is 11.1 Å². The number of nitrogens with one attached hydrogen (secondary N) is 1. The first-order valence-electron chi connectivity index (χ1n) is 6.12. The minimum atomic E-state index is -0.142. The number of nitrogens with zero attached hydrogens (tertiary/aromatic N) is 1. The molecule has 1 amide bonds. The zero-order valence-electron chi connectivity index (χ0n) is 11.0. The number of rotatable bonds is 4. The summed E-state index contributed by atoms with van der Waals surface area (Å²) in [4.78, 5) is 16.0. The van der Waals surface area contributed by atoms with Crippen LogP contribution < -0.4 is 11.1 Å². The van der Waals surface area contributed by atoms with E-state index in [1.807, 2.05) is 36.6 Å². The molecule has 1 aromatic heterocycles. The molecule has 0 bridgehead atoms. The highest BCUT2D eigenvalue weighted by atomic mass is 32.1. The van der Waals surface area contributed by atoms with Crippen LogP contribution in [0, 0.1) is 6.92 Å². The predicted molar refractivity (Wildman–Crippen MR) is 79.2 cm³/mol. The van der Waals surface area contributed by atoms with Crippen LogP contribution in [0.4, 0.5) is 5.13 Å². The van der Waals surface area contributed by atoms with Crippen molar-refractivity contribution in [1.82, 2.24) is 4.98 Å². The van der Waals surface area contributed by atoms with Crippen molar-refractivity contribution in [3.63, 3.8) is 0 Å². The number of aromatic nitrogens is 1. The van der Waals surface area contributed by atoms with E-state index in [4.69, 9.17) is 5.73 Å². The molecule has 1 atom stereocenters. The summed E-state index contributed by atoms with van der Waals surface area (Å²) >= 11 is 1.42. The molecule has 1 aromatic carbocycles. The van der Waals surface area contributed by atoms with Gasteiger partial charge in [-0.1, -0.05) is 29.8 Å². The van der Waals surface area contributed by atoms with Crippen LogP contribution in [0.25, 0.3) is 11.3 Å². The molecule has 1 heterocycles. The Morgan fingerprint density at radius 3 is 2.74 bits per heavy atom. The van der Waals surface area contributed by atoms with E-state index in [9.17, 15) is 4.79 Å². The maximum Gasteiger partial charge on any atom is 0.227 e. The average Bonchev–Trinajstić information content (AvgIpc) is 2.77. The quantitative estimate of drug-likeness (QED) is 0.901. The Morgan fingerprint density at radius 2 is 2.11 bits per heavy atom. The van der Waals surface area contributed by atoms with Gasteiger partial charge in [-0.05, 0) is 13.8 Å². The minimum Gasteiger partial charge on any atom is -0.327 e. The van der Waals surface area contributed by atoms with Crippen molar-refractivity contribution in [3.05, 3.63) is 35.2 Å². The molecular formula is C14H17N3OS. The average molecular weight is 275 g/mol. The van der Waals surface area contributed by atoms with E-state index in [1.165, 1.54) is 16.9 Å². The van der Waals surface area contributed by atoms with Crippen LogP contribution in [0.2, 0.25) is 0 Å².